The highest BCUT2D eigenvalue weighted by atomic mass is 35.5. The van der Waals surface area contributed by atoms with Crippen molar-refractivity contribution in [2.75, 3.05) is 13.3 Å². The topological polar surface area (TPSA) is 32.3 Å². The molecule has 1 aromatic carbocycles. The minimum Gasteiger partial charge on any atom is -0.339 e. The van der Waals surface area contributed by atoms with Gasteiger partial charge in [0.1, 0.15) is 0 Å². The molecule has 0 spiro atoms. The fourth-order valence-corrected chi connectivity index (χ4v) is 4.11. The zero-order valence-electron chi connectivity index (χ0n) is 12.5. The van der Waals surface area contributed by atoms with Crippen LogP contribution in [-0.4, -0.2) is 42.2 Å². The Bertz CT molecular complexity index is 499. The maximum absolute atomic E-state index is 12.7. The third-order valence-corrected chi connectivity index (χ3v) is 5.45. The van der Waals surface area contributed by atoms with Gasteiger partial charge in [-0.05, 0) is 44.1 Å². The van der Waals surface area contributed by atoms with Crippen LogP contribution in [-0.2, 0) is 0 Å². The van der Waals surface area contributed by atoms with Gasteiger partial charge in [0.25, 0.3) is 5.91 Å². The number of benzene rings is 1. The van der Waals surface area contributed by atoms with Crippen LogP contribution in [0.1, 0.15) is 36.0 Å². The summed E-state index contributed by atoms with van der Waals surface area (Å²) >= 11 is 1.64. The molecule has 1 amide bonds. The van der Waals surface area contributed by atoms with E-state index in [4.69, 9.17) is 0 Å². The zero-order chi connectivity index (χ0) is 14.1. The number of thioether (sulfide) groups is 1. The summed E-state index contributed by atoms with van der Waals surface area (Å²) in [5.41, 5.74) is 0.841. The van der Waals surface area contributed by atoms with Gasteiger partial charge in [-0.3, -0.25) is 4.79 Å². The molecule has 2 fully saturated rings. The molecule has 1 aromatic rings. The summed E-state index contributed by atoms with van der Waals surface area (Å²) in [6.45, 7) is 0. The summed E-state index contributed by atoms with van der Waals surface area (Å²) in [7, 11) is 1.97. The van der Waals surface area contributed by atoms with Crippen molar-refractivity contribution >= 4 is 30.1 Å². The van der Waals surface area contributed by atoms with Crippen LogP contribution in [0.3, 0.4) is 0 Å². The lowest BCUT2D eigenvalue weighted by atomic mass is 9.98. The molecule has 116 valence electrons. The molecule has 0 radical (unpaired) electrons. The molecule has 2 atom stereocenters. The lowest BCUT2D eigenvalue weighted by Gasteiger charge is -2.35. The molecule has 1 N–H and O–H groups in total. The van der Waals surface area contributed by atoms with Gasteiger partial charge in [0.05, 0.1) is 5.56 Å². The second kappa shape index (κ2) is 7.03. The van der Waals surface area contributed by atoms with Crippen LogP contribution in [0, 0.1) is 0 Å². The smallest absolute Gasteiger partial charge is 0.254 e. The van der Waals surface area contributed by atoms with E-state index in [-0.39, 0.29) is 18.3 Å². The van der Waals surface area contributed by atoms with Gasteiger partial charge in [-0.15, -0.1) is 24.2 Å². The lowest BCUT2D eigenvalue weighted by Crippen LogP contribution is -2.48. The zero-order valence-corrected chi connectivity index (χ0v) is 14.2. The van der Waals surface area contributed by atoms with E-state index in [0.29, 0.717) is 18.1 Å². The van der Waals surface area contributed by atoms with Crippen LogP contribution in [0.15, 0.2) is 29.2 Å². The lowest BCUT2D eigenvalue weighted by molar-refractivity contribution is 0.0678. The number of halogens is 1. The fraction of sp³-hybridized carbons (Fsp3) is 0.562. The second-order valence-corrected chi connectivity index (χ2v) is 6.73. The van der Waals surface area contributed by atoms with Crippen LogP contribution < -0.4 is 5.32 Å². The second-order valence-electron chi connectivity index (χ2n) is 5.88. The summed E-state index contributed by atoms with van der Waals surface area (Å²) < 4.78 is 0. The SMILES string of the molecule is CSc1ccccc1C(=O)N(C)C1CC2CCC(C1)N2.Cl. The monoisotopic (exact) mass is 326 g/mol. The van der Waals surface area contributed by atoms with Crippen LogP contribution >= 0.6 is 24.2 Å². The number of hydrogen-bond acceptors (Lipinski definition) is 3. The minimum atomic E-state index is 0. The van der Waals surface area contributed by atoms with Crippen molar-refractivity contribution in [3.63, 3.8) is 0 Å². The number of nitrogens with one attached hydrogen (secondary N) is 1. The fourth-order valence-electron chi connectivity index (χ4n) is 3.52. The highest BCUT2D eigenvalue weighted by molar-refractivity contribution is 7.98. The first kappa shape index (κ1) is 16.7. The third-order valence-electron chi connectivity index (χ3n) is 4.65. The molecule has 2 bridgehead atoms. The van der Waals surface area contributed by atoms with Crippen molar-refractivity contribution in [3.8, 4) is 0 Å². The average molecular weight is 327 g/mol. The summed E-state index contributed by atoms with van der Waals surface area (Å²) in [6, 6.07) is 9.53. The number of hydrogen-bond donors (Lipinski definition) is 1. The number of rotatable bonds is 3. The van der Waals surface area contributed by atoms with Crippen LogP contribution in [0.5, 0.6) is 0 Å². The Morgan fingerprint density at radius 1 is 1.24 bits per heavy atom. The predicted molar refractivity (Wildman–Crippen MR) is 90.5 cm³/mol. The van der Waals surface area contributed by atoms with Crippen molar-refractivity contribution < 1.29 is 4.79 Å². The Labute approximate surface area is 137 Å². The van der Waals surface area contributed by atoms with Gasteiger partial charge in [-0.25, -0.2) is 0 Å². The molecular formula is C16H23ClN2OS. The Kier molecular flexibility index (Phi) is 5.58. The Hall–Kier alpha value is -0.710. The molecule has 3 rings (SSSR count). The summed E-state index contributed by atoms with van der Waals surface area (Å²) in [5.74, 6) is 0.168. The molecule has 3 nitrogen and oxygen atoms in total. The Balaban J connectivity index is 0.00000161. The summed E-state index contributed by atoms with van der Waals surface area (Å²) in [4.78, 5) is 15.8. The molecule has 2 unspecified atom stereocenters. The normalized spacial score (nSPS) is 27.0. The molecule has 0 saturated carbocycles. The van der Waals surface area contributed by atoms with Gasteiger partial charge in [0.15, 0.2) is 0 Å². The Morgan fingerprint density at radius 3 is 2.48 bits per heavy atom. The molecule has 0 aromatic heterocycles. The minimum absolute atomic E-state index is 0. The van der Waals surface area contributed by atoms with E-state index in [9.17, 15) is 4.79 Å². The van der Waals surface area contributed by atoms with Gasteiger partial charge in [-0.1, -0.05) is 12.1 Å². The molecule has 0 aliphatic carbocycles. The van der Waals surface area contributed by atoms with Crippen LogP contribution in [0.4, 0.5) is 0 Å². The molecule has 2 aliphatic heterocycles. The van der Waals surface area contributed by atoms with E-state index in [1.807, 2.05) is 42.5 Å². The molecule has 5 heteroatoms. The quantitative estimate of drug-likeness (QED) is 0.866. The number of carbonyl (C=O) groups is 1. The maximum Gasteiger partial charge on any atom is 0.254 e. The standard InChI is InChI=1S/C16H22N2OS.ClH/c1-18(13-9-11-7-8-12(10-13)17-11)16(19)14-5-3-4-6-15(14)20-2;/h3-6,11-13,17H,7-10H2,1-2H3;1H. The number of fused-ring (bicyclic) bond motifs is 2. The van der Waals surface area contributed by atoms with Crippen LogP contribution in [0.25, 0.3) is 0 Å². The van der Waals surface area contributed by atoms with E-state index < -0.39 is 0 Å². The molecular weight excluding hydrogens is 304 g/mol. The third kappa shape index (κ3) is 3.38. The maximum atomic E-state index is 12.7. The number of carbonyl (C=O) groups excluding carboxylic acids is 1. The molecule has 21 heavy (non-hydrogen) atoms. The van der Waals surface area contributed by atoms with E-state index in [2.05, 4.69) is 5.32 Å². The summed E-state index contributed by atoms with van der Waals surface area (Å²) in [5, 5.41) is 3.63. The van der Waals surface area contributed by atoms with E-state index in [1.54, 1.807) is 11.8 Å². The van der Waals surface area contributed by atoms with E-state index >= 15 is 0 Å². The first-order valence-electron chi connectivity index (χ1n) is 7.35. The first-order valence-corrected chi connectivity index (χ1v) is 8.57. The van der Waals surface area contributed by atoms with E-state index in [1.165, 1.54) is 12.8 Å². The number of amides is 1. The van der Waals surface area contributed by atoms with Gasteiger partial charge >= 0.3 is 0 Å². The van der Waals surface area contributed by atoms with Crippen molar-refractivity contribution in [1.29, 1.82) is 0 Å². The number of nitrogens with zero attached hydrogens (tertiary/aromatic N) is 1. The van der Waals surface area contributed by atoms with Crippen LogP contribution in [0.2, 0.25) is 0 Å². The average Bonchev–Trinajstić information content (AvgIpc) is 2.84. The number of piperidine rings is 1. The summed E-state index contributed by atoms with van der Waals surface area (Å²) in [6.07, 6.45) is 6.76. The van der Waals surface area contributed by atoms with Gasteiger partial charge in [-0.2, -0.15) is 0 Å². The van der Waals surface area contributed by atoms with Gasteiger partial charge in [0.2, 0.25) is 0 Å². The van der Waals surface area contributed by atoms with E-state index in [0.717, 1.165) is 23.3 Å². The predicted octanol–water partition coefficient (Wildman–Crippen LogP) is 3.19. The van der Waals surface area contributed by atoms with Crippen molar-refractivity contribution in [2.45, 2.75) is 48.7 Å². The molecule has 2 aliphatic rings. The van der Waals surface area contributed by atoms with Gasteiger partial charge in [0, 0.05) is 30.1 Å². The largest absolute Gasteiger partial charge is 0.339 e. The van der Waals surface area contributed by atoms with Crippen molar-refractivity contribution in [1.82, 2.24) is 10.2 Å². The first-order chi connectivity index (χ1) is 9.69. The van der Waals surface area contributed by atoms with Crippen molar-refractivity contribution in [3.05, 3.63) is 29.8 Å². The molecule has 2 saturated heterocycles. The molecule has 2 heterocycles. The Morgan fingerprint density at radius 2 is 1.86 bits per heavy atom. The highest BCUT2D eigenvalue weighted by Crippen LogP contribution is 2.30. The van der Waals surface area contributed by atoms with Crippen molar-refractivity contribution in [2.24, 2.45) is 0 Å². The van der Waals surface area contributed by atoms with Gasteiger partial charge < -0.3 is 10.2 Å². The highest BCUT2D eigenvalue weighted by Gasteiger charge is 2.36.